The summed E-state index contributed by atoms with van der Waals surface area (Å²) in [5.41, 5.74) is 2.51. The third kappa shape index (κ3) is 3.05. The highest BCUT2D eigenvalue weighted by Gasteiger charge is 2.33. The molecule has 0 saturated carbocycles. The van der Waals surface area contributed by atoms with Crippen molar-refractivity contribution in [2.24, 2.45) is 0 Å². The van der Waals surface area contributed by atoms with Crippen LogP contribution in [-0.4, -0.2) is 49.2 Å². The number of carbonyl (C=O) groups is 2. The van der Waals surface area contributed by atoms with Crippen molar-refractivity contribution in [2.75, 3.05) is 6.54 Å². The molecule has 3 heterocycles. The summed E-state index contributed by atoms with van der Waals surface area (Å²) in [5.74, 6) is -1.31. The number of rotatable bonds is 3. The van der Waals surface area contributed by atoms with E-state index < -0.39 is 12.0 Å². The molecule has 1 aromatic carbocycles. The maximum atomic E-state index is 13.0. The monoisotopic (exact) mass is 364 g/mol. The van der Waals surface area contributed by atoms with E-state index in [1.165, 1.54) is 4.90 Å². The van der Waals surface area contributed by atoms with Crippen molar-refractivity contribution in [1.82, 2.24) is 19.7 Å². The molecule has 0 spiro atoms. The first-order valence-electron chi connectivity index (χ1n) is 9.02. The summed E-state index contributed by atoms with van der Waals surface area (Å²) in [6.45, 7) is 2.34. The maximum Gasteiger partial charge on any atom is 0.326 e. The van der Waals surface area contributed by atoms with Crippen molar-refractivity contribution in [3.05, 3.63) is 53.9 Å². The highest BCUT2D eigenvalue weighted by molar-refractivity contribution is 5.97. The molecule has 1 fully saturated rings. The number of aryl methyl sites for hydroxylation is 1. The van der Waals surface area contributed by atoms with Crippen molar-refractivity contribution < 1.29 is 14.7 Å². The zero-order valence-corrected chi connectivity index (χ0v) is 15.0. The van der Waals surface area contributed by atoms with Gasteiger partial charge < -0.3 is 10.0 Å². The number of benzene rings is 1. The van der Waals surface area contributed by atoms with Crippen LogP contribution in [0.4, 0.5) is 0 Å². The lowest BCUT2D eigenvalue weighted by Gasteiger charge is -2.32. The molecule has 7 nitrogen and oxygen atoms in total. The molecule has 0 radical (unpaired) electrons. The summed E-state index contributed by atoms with van der Waals surface area (Å²) < 4.78 is 1.71. The lowest BCUT2D eigenvalue weighted by atomic mass is 10.0. The fraction of sp³-hybridized carbons (Fsp3) is 0.300. The minimum Gasteiger partial charge on any atom is -0.480 e. The normalized spacial score (nSPS) is 17.2. The summed E-state index contributed by atoms with van der Waals surface area (Å²) in [6, 6.07) is 12.3. The largest absolute Gasteiger partial charge is 0.480 e. The second-order valence-electron chi connectivity index (χ2n) is 6.75. The van der Waals surface area contributed by atoms with E-state index in [0.29, 0.717) is 18.6 Å². The number of para-hydroxylation sites is 1. The molecule has 1 amide bonds. The van der Waals surface area contributed by atoms with E-state index in [9.17, 15) is 14.7 Å². The zero-order chi connectivity index (χ0) is 19.0. The van der Waals surface area contributed by atoms with Crippen LogP contribution in [0.3, 0.4) is 0 Å². The van der Waals surface area contributed by atoms with Crippen LogP contribution in [-0.2, 0) is 4.79 Å². The molecule has 3 aromatic rings. The van der Waals surface area contributed by atoms with Crippen molar-refractivity contribution in [3.63, 3.8) is 0 Å². The molecule has 1 aliphatic rings. The average molecular weight is 364 g/mol. The molecule has 1 saturated heterocycles. The highest BCUT2D eigenvalue weighted by Crippen LogP contribution is 2.23. The number of amides is 1. The maximum absolute atomic E-state index is 13.0. The Labute approximate surface area is 156 Å². The third-order valence-corrected chi connectivity index (χ3v) is 4.98. The van der Waals surface area contributed by atoms with Gasteiger partial charge in [-0.2, -0.15) is 5.10 Å². The Morgan fingerprint density at radius 3 is 2.63 bits per heavy atom. The van der Waals surface area contributed by atoms with E-state index in [2.05, 4.69) is 10.1 Å². The predicted molar refractivity (Wildman–Crippen MR) is 99.9 cm³/mol. The smallest absolute Gasteiger partial charge is 0.326 e. The molecule has 27 heavy (non-hydrogen) atoms. The topological polar surface area (TPSA) is 88.3 Å². The lowest BCUT2D eigenvalue weighted by Crippen LogP contribution is -2.48. The molecule has 7 heteroatoms. The standard InChI is InChI=1S/C20H20N4O3/c1-13-15-10-11-16(19(25)23-12-6-5-9-17(23)20(26)27)21-18(15)24(22-13)14-7-3-2-4-8-14/h2-4,7-8,10-11,17H,5-6,9,12H2,1H3,(H,26,27). The summed E-state index contributed by atoms with van der Waals surface area (Å²) in [7, 11) is 0. The minimum absolute atomic E-state index is 0.243. The van der Waals surface area contributed by atoms with Crippen molar-refractivity contribution in [3.8, 4) is 5.69 Å². The van der Waals surface area contributed by atoms with Gasteiger partial charge in [0.05, 0.1) is 11.4 Å². The molecule has 2 aromatic heterocycles. The van der Waals surface area contributed by atoms with Crippen LogP contribution < -0.4 is 0 Å². The van der Waals surface area contributed by atoms with Crippen molar-refractivity contribution >= 4 is 22.9 Å². The molecular weight excluding hydrogens is 344 g/mol. The van der Waals surface area contributed by atoms with Crippen LogP contribution in [0.15, 0.2) is 42.5 Å². The molecule has 0 bridgehead atoms. The molecule has 1 unspecified atom stereocenters. The van der Waals surface area contributed by atoms with Gasteiger partial charge in [0.15, 0.2) is 5.65 Å². The average Bonchev–Trinajstić information content (AvgIpc) is 3.04. The van der Waals surface area contributed by atoms with Crippen LogP contribution in [0.1, 0.15) is 35.4 Å². The van der Waals surface area contributed by atoms with Gasteiger partial charge in [-0.05, 0) is 50.5 Å². The van der Waals surface area contributed by atoms with Crippen LogP contribution in [0.2, 0.25) is 0 Å². The highest BCUT2D eigenvalue weighted by atomic mass is 16.4. The molecule has 0 aliphatic carbocycles. The van der Waals surface area contributed by atoms with E-state index in [1.807, 2.05) is 43.3 Å². The van der Waals surface area contributed by atoms with Crippen LogP contribution >= 0.6 is 0 Å². The number of carbonyl (C=O) groups excluding carboxylic acids is 1. The molecule has 4 rings (SSSR count). The fourth-order valence-corrected chi connectivity index (χ4v) is 3.59. The van der Waals surface area contributed by atoms with Crippen molar-refractivity contribution in [2.45, 2.75) is 32.2 Å². The second-order valence-corrected chi connectivity index (χ2v) is 6.75. The van der Waals surface area contributed by atoms with Gasteiger partial charge in [-0.3, -0.25) is 4.79 Å². The Kier molecular flexibility index (Phi) is 4.35. The molecule has 1 atom stereocenters. The van der Waals surface area contributed by atoms with Crippen LogP contribution in [0.25, 0.3) is 16.7 Å². The first kappa shape index (κ1) is 17.2. The number of nitrogens with zero attached hydrogens (tertiary/aromatic N) is 4. The van der Waals surface area contributed by atoms with E-state index in [1.54, 1.807) is 10.7 Å². The van der Waals surface area contributed by atoms with Gasteiger partial charge in [-0.1, -0.05) is 18.2 Å². The van der Waals surface area contributed by atoms with Crippen LogP contribution in [0, 0.1) is 6.92 Å². The van der Waals surface area contributed by atoms with Gasteiger partial charge in [0.1, 0.15) is 11.7 Å². The van der Waals surface area contributed by atoms with Crippen LogP contribution in [0.5, 0.6) is 0 Å². The van der Waals surface area contributed by atoms with Gasteiger partial charge in [-0.15, -0.1) is 0 Å². The number of carboxylic acids is 1. The Morgan fingerprint density at radius 2 is 1.89 bits per heavy atom. The van der Waals surface area contributed by atoms with E-state index in [0.717, 1.165) is 29.6 Å². The summed E-state index contributed by atoms with van der Waals surface area (Å²) in [5, 5.41) is 14.9. The fourth-order valence-electron chi connectivity index (χ4n) is 3.59. The summed E-state index contributed by atoms with van der Waals surface area (Å²) in [4.78, 5) is 30.5. The molecular formula is C20H20N4O3. The third-order valence-electron chi connectivity index (χ3n) is 4.98. The summed E-state index contributed by atoms with van der Waals surface area (Å²) >= 11 is 0. The van der Waals surface area contributed by atoms with E-state index >= 15 is 0 Å². The number of fused-ring (bicyclic) bond motifs is 1. The van der Waals surface area contributed by atoms with Gasteiger partial charge in [0, 0.05) is 11.9 Å². The van der Waals surface area contributed by atoms with Gasteiger partial charge in [-0.25, -0.2) is 14.5 Å². The zero-order valence-electron chi connectivity index (χ0n) is 15.0. The first-order valence-corrected chi connectivity index (χ1v) is 9.02. The van der Waals surface area contributed by atoms with Crippen molar-refractivity contribution in [1.29, 1.82) is 0 Å². The molecule has 138 valence electrons. The Morgan fingerprint density at radius 1 is 1.11 bits per heavy atom. The predicted octanol–water partition coefficient (Wildman–Crippen LogP) is 2.81. The summed E-state index contributed by atoms with van der Waals surface area (Å²) in [6.07, 6.45) is 2.09. The minimum atomic E-state index is -0.964. The van der Waals surface area contributed by atoms with Gasteiger partial charge in [0.25, 0.3) is 5.91 Å². The Balaban J connectivity index is 1.77. The van der Waals surface area contributed by atoms with E-state index in [4.69, 9.17) is 0 Å². The molecule has 1 aliphatic heterocycles. The van der Waals surface area contributed by atoms with Gasteiger partial charge >= 0.3 is 5.97 Å². The number of aliphatic carboxylic acids is 1. The molecule has 1 N–H and O–H groups in total. The lowest BCUT2D eigenvalue weighted by molar-refractivity contribution is -0.143. The number of piperidine rings is 1. The number of carboxylic acid groups (broad SMARTS) is 1. The second kappa shape index (κ2) is 6.83. The Bertz CT molecular complexity index is 1010. The number of aromatic nitrogens is 3. The quantitative estimate of drug-likeness (QED) is 0.772. The number of hydrogen-bond donors (Lipinski definition) is 1. The van der Waals surface area contributed by atoms with Gasteiger partial charge in [0.2, 0.25) is 0 Å². The number of likely N-dealkylation sites (tertiary alicyclic amines) is 1. The SMILES string of the molecule is Cc1nn(-c2ccccc2)c2nc(C(=O)N3CCCCC3C(=O)O)ccc12. The number of hydrogen-bond acceptors (Lipinski definition) is 4. The Hall–Kier alpha value is -3.22. The number of pyridine rings is 1. The van der Waals surface area contributed by atoms with E-state index in [-0.39, 0.29) is 11.6 Å². The first-order chi connectivity index (χ1) is 13.1.